The maximum Gasteiger partial charge on any atom is 0.417 e. The van der Waals surface area contributed by atoms with Crippen molar-refractivity contribution in [3.63, 3.8) is 0 Å². The number of carbonyl (C=O) groups is 1. The molecule has 0 aromatic heterocycles. The zero-order valence-electron chi connectivity index (χ0n) is 19.3. The molecule has 5 heteroatoms. The number of guanidine groups is 1. The van der Waals surface area contributed by atoms with E-state index in [0.29, 0.717) is 12.0 Å². The van der Waals surface area contributed by atoms with Crippen LogP contribution in [0.4, 0.5) is 4.79 Å². The van der Waals surface area contributed by atoms with E-state index >= 15 is 0 Å². The van der Waals surface area contributed by atoms with Gasteiger partial charge in [0.15, 0.2) is 0 Å². The topological polar surface area (TPSA) is 53.9 Å². The summed E-state index contributed by atoms with van der Waals surface area (Å²) in [5, 5.41) is 3.62. The minimum Gasteiger partial charge on any atom is -0.444 e. The molecule has 0 radical (unpaired) electrons. The number of nitrogens with one attached hydrogen (secondary N) is 1. The molecule has 1 amide bonds. The Hall–Kier alpha value is -3.60. The van der Waals surface area contributed by atoms with Gasteiger partial charge in [-0.15, -0.1) is 0 Å². The smallest absolute Gasteiger partial charge is 0.417 e. The number of hydrogen-bond donors (Lipinski definition) is 1. The molecule has 0 saturated heterocycles. The molecule has 1 aliphatic carbocycles. The maximum atomic E-state index is 13.6. The summed E-state index contributed by atoms with van der Waals surface area (Å²) < 4.78 is 5.83. The Labute approximate surface area is 201 Å². The number of rotatable bonds is 5. The van der Waals surface area contributed by atoms with E-state index in [0.717, 1.165) is 29.5 Å². The Bertz CT molecular complexity index is 1100. The van der Waals surface area contributed by atoms with Gasteiger partial charge < -0.3 is 10.1 Å². The highest BCUT2D eigenvalue weighted by atomic mass is 16.6. The number of aliphatic imine (C=N–C) groups is 1. The molecule has 0 bridgehead atoms. The first-order chi connectivity index (χ1) is 16.8. The lowest BCUT2D eigenvalue weighted by atomic mass is 9.94. The molecule has 5 rings (SSSR count). The van der Waals surface area contributed by atoms with Crippen LogP contribution >= 0.6 is 0 Å². The molecule has 0 unspecified atom stereocenters. The molecule has 1 fully saturated rings. The summed E-state index contributed by atoms with van der Waals surface area (Å²) in [5.74, 6) is 0.618. The van der Waals surface area contributed by atoms with Gasteiger partial charge in [-0.3, -0.25) is 0 Å². The van der Waals surface area contributed by atoms with Crippen LogP contribution in [0.3, 0.4) is 0 Å². The number of hydrogen-bond acceptors (Lipinski definition) is 4. The quantitative estimate of drug-likeness (QED) is 0.486. The largest absolute Gasteiger partial charge is 0.444 e. The highest BCUT2D eigenvalue weighted by Gasteiger charge is 2.43. The average Bonchev–Trinajstić information content (AvgIpc) is 3.28. The first kappa shape index (κ1) is 22.2. The Morgan fingerprint density at radius 1 is 0.824 bits per heavy atom. The van der Waals surface area contributed by atoms with E-state index in [1.165, 1.54) is 19.3 Å². The van der Waals surface area contributed by atoms with Gasteiger partial charge in [-0.1, -0.05) is 110 Å². The fraction of sp³-hybridized carbons (Fsp3) is 0.310. The normalized spacial score (nSPS) is 20.6. The maximum absolute atomic E-state index is 13.6. The molecule has 2 atom stereocenters. The molecule has 3 aromatic rings. The molecule has 1 heterocycles. The Morgan fingerprint density at radius 2 is 1.41 bits per heavy atom. The summed E-state index contributed by atoms with van der Waals surface area (Å²) in [7, 11) is 0. The molecule has 174 valence electrons. The van der Waals surface area contributed by atoms with E-state index < -0.39 is 0 Å². The van der Waals surface area contributed by atoms with Gasteiger partial charge in [0.05, 0.1) is 6.04 Å². The fourth-order valence-electron chi connectivity index (χ4n) is 4.95. The number of benzene rings is 3. The van der Waals surface area contributed by atoms with Crippen LogP contribution in [-0.2, 0) is 11.3 Å². The SMILES string of the molecule is O=C(OCc1ccccc1)N1C(NC2CCCCC2)=N[C@@H](c2ccccc2)[C@@H]1c1ccccc1. The van der Waals surface area contributed by atoms with E-state index in [1.54, 1.807) is 4.90 Å². The van der Waals surface area contributed by atoms with E-state index in [1.807, 2.05) is 66.7 Å². The van der Waals surface area contributed by atoms with E-state index in [-0.39, 0.29) is 24.8 Å². The second-order valence-electron chi connectivity index (χ2n) is 9.05. The average molecular weight is 454 g/mol. The van der Waals surface area contributed by atoms with Crippen LogP contribution in [0.15, 0.2) is 96.0 Å². The second-order valence-corrected chi connectivity index (χ2v) is 9.05. The highest BCUT2D eigenvalue weighted by molar-refractivity contribution is 5.96. The van der Waals surface area contributed by atoms with E-state index in [4.69, 9.17) is 9.73 Å². The Balaban J connectivity index is 1.48. The first-order valence-electron chi connectivity index (χ1n) is 12.2. The van der Waals surface area contributed by atoms with Crippen molar-refractivity contribution in [1.29, 1.82) is 0 Å². The van der Waals surface area contributed by atoms with Crippen molar-refractivity contribution in [2.24, 2.45) is 4.99 Å². The standard InChI is InChI=1S/C29H31N3O2/c33-29(34-21-22-13-5-1-6-14-22)32-27(24-17-9-3-10-18-24)26(23-15-7-2-8-16-23)31-28(32)30-25-19-11-4-12-20-25/h1-3,5-10,13-18,25-27H,4,11-12,19-21H2,(H,30,31)/t26-,27-/m0/s1. The van der Waals surface area contributed by atoms with Crippen molar-refractivity contribution in [1.82, 2.24) is 10.2 Å². The lowest BCUT2D eigenvalue weighted by molar-refractivity contribution is 0.105. The van der Waals surface area contributed by atoms with Gasteiger partial charge >= 0.3 is 6.09 Å². The van der Waals surface area contributed by atoms with Crippen LogP contribution in [0, 0.1) is 0 Å². The third-order valence-electron chi connectivity index (χ3n) is 6.69. The predicted molar refractivity (Wildman–Crippen MR) is 134 cm³/mol. The van der Waals surface area contributed by atoms with E-state index in [2.05, 4.69) is 29.6 Å². The van der Waals surface area contributed by atoms with Gasteiger partial charge in [0.1, 0.15) is 12.6 Å². The van der Waals surface area contributed by atoms with Crippen molar-refractivity contribution in [3.05, 3.63) is 108 Å². The van der Waals surface area contributed by atoms with Crippen LogP contribution < -0.4 is 5.32 Å². The number of amides is 1. The molecule has 2 aliphatic rings. The summed E-state index contributed by atoms with van der Waals surface area (Å²) in [4.78, 5) is 20.5. The number of carbonyl (C=O) groups excluding carboxylic acids is 1. The van der Waals surface area contributed by atoms with E-state index in [9.17, 15) is 4.79 Å². The van der Waals surface area contributed by atoms with Crippen molar-refractivity contribution >= 4 is 12.1 Å². The Morgan fingerprint density at radius 3 is 2.06 bits per heavy atom. The molecular weight excluding hydrogens is 422 g/mol. The van der Waals surface area contributed by atoms with Crippen molar-refractivity contribution in [2.45, 2.75) is 56.8 Å². The zero-order chi connectivity index (χ0) is 23.2. The van der Waals surface area contributed by atoms with Crippen molar-refractivity contribution in [2.75, 3.05) is 0 Å². The monoisotopic (exact) mass is 453 g/mol. The summed E-state index contributed by atoms with van der Waals surface area (Å²) >= 11 is 0. The van der Waals surface area contributed by atoms with Crippen LogP contribution in [0.2, 0.25) is 0 Å². The lowest BCUT2D eigenvalue weighted by Gasteiger charge is -2.31. The summed E-state index contributed by atoms with van der Waals surface area (Å²) in [6, 6.07) is 30.0. The molecular formula is C29H31N3O2. The molecule has 0 spiro atoms. The van der Waals surface area contributed by atoms with Crippen LogP contribution in [0.5, 0.6) is 0 Å². The van der Waals surface area contributed by atoms with Crippen LogP contribution in [0.1, 0.15) is 60.9 Å². The van der Waals surface area contributed by atoms with Gasteiger partial charge in [-0.05, 0) is 29.5 Å². The van der Waals surface area contributed by atoms with Crippen LogP contribution in [-0.4, -0.2) is 23.0 Å². The third kappa shape index (κ3) is 4.98. The second kappa shape index (κ2) is 10.6. The van der Waals surface area contributed by atoms with Gasteiger partial charge in [0.25, 0.3) is 0 Å². The third-order valence-corrected chi connectivity index (χ3v) is 6.69. The fourth-order valence-corrected chi connectivity index (χ4v) is 4.95. The molecule has 1 aliphatic heterocycles. The van der Waals surface area contributed by atoms with Gasteiger partial charge in [0, 0.05) is 6.04 Å². The first-order valence-corrected chi connectivity index (χ1v) is 12.2. The van der Waals surface area contributed by atoms with Gasteiger partial charge in [-0.2, -0.15) is 0 Å². The lowest BCUT2D eigenvalue weighted by Crippen LogP contribution is -2.48. The van der Waals surface area contributed by atoms with Crippen molar-refractivity contribution < 1.29 is 9.53 Å². The van der Waals surface area contributed by atoms with Crippen LogP contribution in [0.25, 0.3) is 0 Å². The van der Waals surface area contributed by atoms with Gasteiger partial charge in [0.2, 0.25) is 5.96 Å². The summed E-state index contributed by atoms with van der Waals surface area (Å²) in [5.41, 5.74) is 3.08. The summed E-state index contributed by atoms with van der Waals surface area (Å²) in [6.07, 6.45) is 5.49. The predicted octanol–water partition coefficient (Wildman–Crippen LogP) is 6.40. The minimum atomic E-state index is -0.377. The molecule has 3 aromatic carbocycles. The number of nitrogens with zero attached hydrogens (tertiary/aromatic N) is 2. The van der Waals surface area contributed by atoms with Gasteiger partial charge in [-0.25, -0.2) is 14.7 Å². The zero-order valence-corrected chi connectivity index (χ0v) is 19.3. The molecule has 1 saturated carbocycles. The van der Waals surface area contributed by atoms with Crippen molar-refractivity contribution in [3.8, 4) is 0 Å². The Kier molecular flexibility index (Phi) is 6.89. The minimum absolute atomic E-state index is 0.209. The molecule has 5 nitrogen and oxygen atoms in total. The molecule has 1 N–H and O–H groups in total. The number of ether oxygens (including phenoxy) is 1. The highest BCUT2D eigenvalue weighted by Crippen LogP contribution is 2.42. The summed E-state index contributed by atoms with van der Waals surface area (Å²) in [6.45, 7) is 0.227. The molecule has 34 heavy (non-hydrogen) atoms.